The average Bonchev–Trinajstić information content (AvgIpc) is 3.02. The minimum atomic E-state index is 0.0530. The minimum absolute atomic E-state index is 0.0530. The molecule has 43 heavy (non-hydrogen) atoms. The summed E-state index contributed by atoms with van der Waals surface area (Å²) in [6.45, 7) is 9.07. The summed E-state index contributed by atoms with van der Waals surface area (Å²) in [7, 11) is 5.06. The maximum Gasteiger partial charge on any atom is 0.142 e. The van der Waals surface area contributed by atoms with Gasteiger partial charge in [0.1, 0.15) is 17.2 Å². The normalized spacial score (nSPS) is 14.1. The average molecular weight is 590 g/mol. The molecule has 0 fully saturated rings. The lowest BCUT2D eigenvalue weighted by Gasteiger charge is -2.32. The highest BCUT2D eigenvalue weighted by Gasteiger charge is 2.31. The number of nitrogens with two attached hydrogens (primary N) is 3. The molecule has 3 aromatic carbocycles. The highest BCUT2D eigenvalue weighted by Crippen LogP contribution is 2.47. The van der Waals surface area contributed by atoms with E-state index < -0.39 is 0 Å². The van der Waals surface area contributed by atoms with Crippen molar-refractivity contribution in [3.05, 3.63) is 70.8 Å². The maximum atomic E-state index is 7.00. The molecule has 6 N–H and O–H groups in total. The van der Waals surface area contributed by atoms with E-state index in [1.165, 1.54) is 17.5 Å². The molecule has 0 radical (unpaired) electrons. The fourth-order valence-corrected chi connectivity index (χ4v) is 6.71. The molecule has 0 aliphatic heterocycles. The lowest BCUT2D eigenvalue weighted by molar-refractivity contribution is 0.388. The van der Waals surface area contributed by atoms with E-state index in [2.05, 4.69) is 64.1 Å². The molecule has 3 aromatic rings. The van der Waals surface area contributed by atoms with E-state index >= 15 is 0 Å². The number of nitrogen functional groups attached to an aromatic ring is 3. The Morgan fingerprint density at radius 3 is 1.44 bits per heavy atom. The largest absolute Gasteiger partial charge is 0.495 e. The predicted octanol–water partition coefficient (Wildman–Crippen LogP) is 9.16. The molecule has 236 valence electrons. The van der Waals surface area contributed by atoms with Gasteiger partial charge in [-0.3, -0.25) is 0 Å². The van der Waals surface area contributed by atoms with Gasteiger partial charge in [-0.25, -0.2) is 0 Å². The number of anilines is 3. The Labute approximate surface area is 260 Å². The van der Waals surface area contributed by atoms with Gasteiger partial charge in [0.05, 0.1) is 38.4 Å². The molecule has 6 heteroatoms. The Morgan fingerprint density at radius 1 is 0.558 bits per heavy atom. The van der Waals surface area contributed by atoms with Crippen LogP contribution in [0.2, 0.25) is 0 Å². The van der Waals surface area contributed by atoms with Crippen LogP contribution in [0.15, 0.2) is 48.5 Å². The lowest BCUT2D eigenvalue weighted by atomic mass is 9.73. The van der Waals surface area contributed by atoms with Crippen molar-refractivity contribution < 1.29 is 14.2 Å². The van der Waals surface area contributed by atoms with Gasteiger partial charge >= 0.3 is 0 Å². The first kappa shape index (κ1) is 34.0. The van der Waals surface area contributed by atoms with E-state index in [9.17, 15) is 0 Å². The summed E-state index contributed by atoms with van der Waals surface area (Å²) in [5.74, 6) is 3.08. The summed E-state index contributed by atoms with van der Waals surface area (Å²) in [6, 6.07) is 16.9. The lowest BCUT2D eigenvalue weighted by Crippen LogP contribution is -2.19. The number of benzene rings is 3. The molecule has 3 rings (SSSR count). The Balaban J connectivity index is 2.34. The van der Waals surface area contributed by atoms with Crippen molar-refractivity contribution in [2.24, 2.45) is 11.8 Å². The summed E-state index contributed by atoms with van der Waals surface area (Å²) in [4.78, 5) is 0. The summed E-state index contributed by atoms with van der Waals surface area (Å²) >= 11 is 0. The van der Waals surface area contributed by atoms with Crippen LogP contribution in [-0.2, 0) is 0 Å². The van der Waals surface area contributed by atoms with Crippen LogP contribution in [0.5, 0.6) is 17.2 Å². The number of hydrogen-bond acceptors (Lipinski definition) is 6. The van der Waals surface area contributed by atoms with Gasteiger partial charge in [-0.05, 0) is 77.3 Å². The third-order valence-electron chi connectivity index (χ3n) is 9.19. The third-order valence-corrected chi connectivity index (χ3v) is 9.19. The molecular weight excluding hydrogens is 534 g/mol. The Morgan fingerprint density at radius 2 is 1.00 bits per heavy atom. The second-order valence-corrected chi connectivity index (χ2v) is 11.8. The quantitative estimate of drug-likeness (QED) is 0.136. The van der Waals surface area contributed by atoms with Crippen molar-refractivity contribution in [1.29, 1.82) is 0 Å². The van der Waals surface area contributed by atoms with Crippen molar-refractivity contribution in [1.82, 2.24) is 0 Å². The monoisotopic (exact) mass is 589 g/mol. The van der Waals surface area contributed by atoms with Gasteiger partial charge in [0, 0.05) is 11.8 Å². The van der Waals surface area contributed by atoms with E-state index in [-0.39, 0.29) is 11.8 Å². The zero-order valence-electron chi connectivity index (χ0n) is 27.5. The minimum Gasteiger partial charge on any atom is -0.495 e. The molecule has 0 aromatic heterocycles. The van der Waals surface area contributed by atoms with Crippen LogP contribution in [0.1, 0.15) is 113 Å². The van der Waals surface area contributed by atoms with Crippen LogP contribution in [-0.4, -0.2) is 21.3 Å². The van der Waals surface area contributed by atoms with E-state index in [4.69, 9.17) is 31.4 Å². The van der Waals surface area contributed by atoms with Crippen molar-refractivity contribution in [2.75, 3.05) is 38.5 Å². The number of unbranched alkanes of at least 4 members (excludes halogenated alkanes) is 2. The molecule has 0 saturated carbocycles. The SMILES string of the molecule is CCCCC(CC)C(c1ccc(N)c(OC)c1)c1cc(OC)c(N)c(C(c2ccc(N)c(OC)c2)C(CC)CCCC)c1. The molecule has 0 bridgehead atoms. The van der Waals surface area contributed by atoms with Crippen LogP contribution in [0, 0.1) is 11.8 Å². The van der Waals surface area contributed by atoms with Crippen molar-refractivity contribution >= 4 is 17.1 Å². The van der Waals surface area contributed by atoms with E-state index in [0.29, 0.717) is 46.1 Å². The molecule has 0 heterocycles. The molecule has 6 nitrogen and oxygen atoms in total. The maximum absolute atomic E-state index is 7.00. The van der Waals surface area contributed by atoms with Gasteiger partial charge in [-0.2, -0.15) is 0 Å². The van der Waals surface area contributed by atoms with Gasteiger partial charge in [0.2, 0.25) is 0 Å². The first-order valence-corrected chi connectivity index (χ1v) is 16.1. The van der Waals surface area contributed by atoms with E-state index in [1.54, 1.807) is 21.3 Å². The van der Waals surface area contributed by atoms with E-state index in [1.807, 2.05) is 12.1 Å². The molecule has 4 atom stereocenters. The molecule has 0 amide bonds. The third kappa shape index (κ3) is 7.90. The van der Waals surface area contributed by atoms with Crippen LogP contribution < -0.4 is 31.4 Å². The fraction of sp³-hybridized carbons (Fsp3) is 0.514. The van der Waals surface area contributed by atoms with E-state index in [0.717, 1.165) is 56.1 Å². The van der Waals surface area contributed by atoms with Gasteiger partial charge in [-0.15, -0.1) is 0 Å². The zero-order chi connectivity index (χ0) is 31.5. The number of methoxy groups -OCH3 is 3. The van der Waals surface area contributed by atoms with Gasteiger partial charge in [0.15, 0.2) is 0 Å². The Bertz CT molecular complexity index is 1310. The first-order valence-electron chi connectivity index (χ1n) is 16.1. The first-order chi connectivity index (χ1) is 20.8. The summed E-state index contributed by atoms with van der Waals surface area (Å²) < 4.78 is 17.3. The van der Waals surface area contributed by atoms with Crippen LogP contribution in [0.4, 0.5) is 17.1 Å². The van der Waals surface area contributed by atoms with Crippen LogP contribution in [0.3, 0.4) is 0 Å². The number of hydrogen-bond donors (Lipinski definition) is 3. The van der Waals surface area contributed by atoms with Crippen molar-refractivity contribution in [2.45, 2.75) is 90.9 Å². The summed E-state index contributed by atoms with van der Waals surface area (Å²) in [5.41, 5.74) is 26.1. The van der Waals surface area contributed by atoms with Crippen LogP contribution in [0.25, 0.3) is 0 Å². The van der Waals surface area contributed by atoms with Gasteiger partial charge < -0.3 is 31.4 Å². The summed E-state index contributed by atoms with van der Waals surface area (Å²) in [6.07, 6.45) is 8.92. The number of ether oxygens (including phenoxy) is 3. The number of rotatable bonds is 17. The molecular formula is C37H55N3O3. The molecule has 0 spiro atoms. The predicted molar refractivity (Wildman–Crippen MR) is 183 cm³/mol. The zero-order valence-corrected chi connectivity index (χ0v) is 27.5. The molecule has 0 saturated heterocycles. The van der Waals surface area contributed by atoms with Crippen molar-refractivity contribution in [3.63, 3.8) is 0 Å². The molecule has 0 aliphatic carbocycles. The fourth-order valence-electron chi connectivity index (χ4n) is 6.71. The Hall–Kier alpha value is -3.54. The van der Waals surface area contributed by atoms with Gasteiger partial charge in [-0.1, -0.05) is 84.4 Å². The molecule has 4 unspecified atom stereocenters. The highest BCUT2D eigenvalue weighted by atomic mass is 16.5. The second kappa shape index (κ2) is 16.3. The van der Waals surface area contributed by atoms with Crippen molar-refractivity contribution in [3.8, 4) is 17.2 Å². The molecule has 0 aliphatic rings. The Kier molecular flexibility index (Phi) is 12.9. The van der Waals surface area contributed by atoms with Crippen LogP contribution >= 0.6 is 0 Å². The second-order valence-electron chi connectivity index (χ2n) is 11.8. The smallest absolute Gasteiger partial charge is 0.142 e. The summed E-state index contributed by atoms with van der Waals surface area (Å²) in [5, 5.41) is 0. The van der Waals surface area contributed by atoms with Gasteiger partial charge in [0.25, 0.3) is 0 Å². The topological polar surface area (TPSA) is 106 Å². The standard InChI is InChI=1S/C37H55N3O3/c1-8-12-14-24(10-3)35(26-16-18-30(38)32(21-26)41-5)28-20-29(37(40)34(23-28)43-7)36(25(11-4)15-13-9-2)27-17-19-31(39)33(22-27)42-6/h16-25,35-36H,8-15,38-40H2,1-7H3. The highest BCUT2D eigenvalue weighted by molar-refractivity contribution is 5.66.